The fraction of sp³-hybridized carbons (Fsp3) is 0.489. The van der Waals surface area contributed by atoms with Gasteiger partial charge in [-0.1, -0.05) is 53.8 Å². The zero-order valence-corrected chi connectivity index (χ0v) is 35.9. The van der Waals surface area contributed by atoms with Crippen molar-refractivity contribution in [3.8, 4) is 0 Å². The van der Waals surface area contributed by atoms with Crippen LogP contribution in [0, 0.1) is 35.2 Å². The highest BCUT2D eigenvalue weighted by Crippen LogP contribution is 2.25. The number of benzene rings is 3. The fourth-order valence-corrected chi connectivity index (χ4v) is 7.57. The molecule has 65 heavy (non-hydrogen) atoms. The summed E-state index contributed by atoms with van der Waals surface area (Å²) >= 11 is 0. The van der Waals surface area contributed by atoms with Gasteiger partial charge in [0.05, 0.1) is 62.5 Å². The van der Waals surface area contributed by atoms with Crippen molar-refractivity contribution in [3.05, 3.63) is 94.8 Å². The molecule has 3 aromatic rings. The van der Waals surface area contributed by atoms with Crippen molar-refractivity contribution >= 4 is 46.2 Å². The molecular formula is C47H64F3N9O6. The first kappa shape index (κ1) is 51.9. The third kappa shape index (κ3) is 14.9. The summed E-state index contributed by atoms with van der Waals surface area (Å²) in [6.45, 7) is 15.7. The highest BCUT2D eigenvalue weighted by molar-refractivity contribution is 6.07. The van der Waals surface area contributed by atoms with Crippen LogP contribution in [0.2, 0.25) is 0 Å². The van der Waals surface area contributed by atoms with Gasteiger partial charge >= 0.3 is 0 Å². The summed E-state index contributed by atoms with van der Waals surface area (Å²) in [5, 5.41) is 15.3. The summed E-state index contributed by atoms with van der Waals surface area (Å²) in [6, 6.07) is 17.1. The van der Waals surface area contributed by atoms with Crippen LogP contribution in [0.25, 0.3) is 0 Å². The number of carbonyl (C=O) groups excluding carboxylic acids is 3. The number of morpholine rings is 3. The average Bonchev–Trinajstić information content (AvgIpc) is 3.29. The highest BCUT2D eigenvalue weighted by Gasteiger charge is 2.25. The molecule has 3 aromatic carbocycles. The van der Waals surface area contributed by atoms with Gasteiger partial charge in [-0.15, -0.1) is 0 Å². The molecule has 3 amide bonds. The first-order valence-electron chi connectivity index (χ1n) is 21.4. The molecule has 9 rings (SSSR count). The van der Waals surface area contributed by atoms with Crippen LogP contribution in [-0.4, -0.2) is 114 Å². The third-order valence-electron chi connectivity index (χ3n) is 11.0. The third-order valence-corrected chi connectivity index (χ3v) is 11.0. The summed E-state index contributed by atoms with van der Waals surface area (Å²) in [5.74, 6) is -2.28. The van der Waals surface area contributed by atoms with E-state index in [1.54, 1.807) is 6.07 Å². The van der Waals surface area contributed by atoms with Crippen LogP contribution in [0.4, 0.5) is 24.5 Å². The highest BCUT2D eigenvalue weighted by atomic mass is 19.2. The molecule has 3 atom stereocenters. The standard InChI is InChI=1S/C15H18FN3O2.C15H19N3O2.C11H10F2N2O.C4H9NO.2CH4/c1-10-8-14(20)17-18-15(10)11-2-3-13(12(16)9-11)19-4-6-21-7-5-19;1-11-10-14(19)16-17-15(11)12-2-4-13(5-3-12)18-6-8-20-9-7-18;1-6-4-10(16)14-15-11(6)7-2-3-8(12)9(13)5-7;1-3-6-4-2-5-1;;/h2-3,9-10H,4-8H2,1H3,(H,17,20);2-5,11H,6-10H2,1H3,(H,16,19);2-3,5-6H,4H2,1H3,(H,14,16);5H,1-4H2;2*1H4/t10-;11-;6-;;;/m000.../s1. The number of halogens is 3. The monoisotopic (exact) mass is 907 g/mol. The Morgan fingerprint density at radius 1 is 0.508 bits per heavy atom. The lowest BCUT2D eigenvalue weighted by Gasteiger charge is -2.29. The number of hydrogen-bond donors (Lipinski definition) is 4. The Balaban J connectivity index is 0.000000199. The molecule has 6 aliphatic heterocycles. The van der Waals surface area contributed by atoms with Gasteiger partial charge in [-0.25, -0.2) is 29.4 Å². The molecule has 3 saturated heterocycles. The number of nitrogens with one attached hydrogen (secondary N) is 4. The quantitative estimate of drug-likeness (QED) is 0.254. The summed E-state index contributed by atoms with van der Waals surface area (Å²) in [4.78, 5) is 37.9. The Kier molecular flexibility index (Phi) is 20.5. The maximum Gasteiger partial charge on any atom is 0.240 e. The molecule has 0 aromatic heterocycles. The number of amides is 3. The van der Waals surface area contributed by atoms with E-state index in [-0.39, 0.29) is 56.1 Å². The molecule has 0 aliphatic carbocycles. The zero-order chi connectivity index (χ0) is 44.7. The second-order valence-electron chi connectivity index (χ2n) is 15.8. The normalized spacial score (nSPS) is 21.7. The van der Waals surface area contributed by atoms with E-state index in [0.717, 1.165) is 87.3 Å². The van der Waals surface area contributed by atoms with Crippen LogP contribution in [0.3, 0.4) is 0 Å². The zero-order valence-electron chi connectivity index (χ0n) is 35.9. The van der Waals surface area contributed by atoms with Crippen LogP contribution >= 0.6 is 0 Å². The molecule has 6 aliphatic rings. The van der Waals surface area contributed by atoms with Gasteiger partial charge in [0.15, 0.2) is 11.6 Å². The Bertz CT molecular complexity index is 2130. The van der Waals surface area contributed by atoms with E-state index in [1.807, 2.05) is 31.7 Å². The average molecular weight is 908 g/mol. The largest absolute Gasteiger partial charge is 0.379 e. The second-order valence-corrected chi connectivity index (χ2v) is 15.8. The molecular weight excluding hydrogens is 844 g/mol. The number of nitrogens with zero attached hydrogens (tertiary/aromatic N) is 5. The van der Waals surface area contributed by atoms with Gasteiger partial charge < -0.3 is 29.3 Å². The smallest absolute Gasteiger partial charge is 0.240 e. The number of hydrazone groups is 3. The number of rotatable bonds is 5. The molecule has 0 bridgehead atoms. The SMILES string of the molecule is C.C.C1COCCN1.C[C@H]1CC(=O)NN=C1c1ccc(F)c(F)c1.C[C@H]1CC(=O)NN=C1c1ccc(N2CCOCC2)c(F)c1.C[C@H]1CC(=O)NN=C1c1ccc(N2CCOCC2)cc1. The van der Waals surface area contributed by atoms with Crippen LogP contribution in [0.15, 0.2) is 76.0 Å². The van der Waals surface area contributed by atoms with E-state index in [2.05, 4.69) is 66.1 Å². The minimum Gasteiger partial charge on any atom is -0.379 e. The van der Waals surface area contributed by atoms with Crippen molar-refractivity contribution in [2.75, 3.05) is 88.7 Å². The molecule has 354 valence electrons. The van der Waals surface area contributed by atoms with E-state index >= 15 is 0 Å². The lowest BCUT2D eigenvalue weighted by atomic mass is 9.94. The van der Waals surface area contributed by atoms with E-state index in [9.17, 15) is 27.6 Å². The van der Waals surface area contributed by atoms with Crippen LogP contribution in [-0.2, 0) is 28.6 Å². The molecule has 15 nitrogen and oxygen atoms in total. The molecule has 0 saturated carbocycles. The Morgan fingerprint density at radius 2 is 0.908 bits per heavy atom. The maximum absolute atomic E-state index is 14.4. The van der Waals surface area contributed by atoms with Gasteiger partial charge in [-0.2, -0.15) is 15.3 Å². The molecule has 0 unspecified atom stereocenters. The summed E-state index contributed by atoms with van der Waals surface area (Å²) in [5.41, 5.74) is 13.7. The minimum atomic E-state index is -0.913. The van der Waals surface area contributed by atoms with E-state index < -0.39 is 11.6 Å². The van der Waals surface area contributed by atoms with Crippen molar-refractivity contribution in [1.82, 2.24) is 21.6 Å². The van der Waals surface area contributed by atoms with Gasteiger partial charge in [0.25, 0.3) is 0 Å². The minimum absolute atomic E-state index is 0. The van der Waals surface area contributed by atoms with Crippen LogP contribution < -0.4 is 31.4 Å². The molecule has 0 spiro atoms. The van der Waals surface area contributed by atoms with Crippen molar-refractivity contribution in [3.63, 3.8) is 0 Å². The molecule has 3 fully saturated rings. The molecule has 18 heteroatoms. The summed E-state index contributed by atoms with van der Waals surface area (Å²) < 4.78 is 55.8. The predicted octanol–water partition coefficient (Wildman–Crippen LogP) is 5.61. The Labute approximate surface area is 380 Å². The molecule has 0 radical (unpaired) electrons. The number of ether oxygens (including phenoxy) is 3. The first-order chi connectivity index (χ1) is 30.5. The van der Waals surface area contributed by atoms with Crippen molar-refractivity contribution in [2.24, 2.45) is 33.1 Å². The van der Waals surface area contributed by atoms with E-state index in [4.69, 9.17) is 14.2 Å². The number of anilines is 2. The number of carbonyl (C=O) groups is 3. The van der Waals surface area contributed by atoms with Gasteiger partial charge in [-0.05, 0) is 48.0 Å². The van der Waals surface area contributed by atoms with E-state index in [1.165, 1.54) is 17.8 Å². The predicted molar refractivity (Wildman–Crippen MR) is 248 cm³/mol. The van der Waals surface area contributed by atoms with Crippen molar-refractivity contribution < 1.29 is 41.8 Å². The Hall–Kier alpha value is -5.69. The van der Waals surface area contributed by atoms with Crippen molar-refractivity contribution in [1.29, 1.82) is 0 Å². The Morgan fingerprint density at radius 3 is 1.31 bits per heavy atom. The second kappa shape index (κ2) is 25.7. The topological polar surface area (TPSA) is 171 Å². The lowest BCUT2D eigenvalue weighted by molar-refractivity contribution is -0.122. The summed E-state index contributed by atoms with van der Waals surface area (Å²) in [7, 11) is 0. The lowest BCUT2D eigenvalue weighted by Crippen LogP contribution is -2.37. The summed E-state index contributed by atoms with van der Waals surface area (Å²) in [6.07, 6.45) is 1.19. The van der Waals surface area contributed by atoms with Gasteiger partial charge in [-0.3, -0.25) is 14.4 Å². The van der Waals surface area contributed by atoms with Gasteiger partial charge in [0, 0.05) is 93.1 Å². The van der Waals surface area contributed by atoms with E-state index in [0.29, 0.717) is 62.5 Å². The van der Waals surface area contributed by atoms with Gasteiger partial charge in [0.1, 0.15) is 5.82 Å². The number of hydrogen-bond acceptors (Lipinski definition) is 12. The molecule has 6 heterocycles. The van der Waals surface area contributed by atoms with Crippen LogP contribution in [0.5, 0.6) is 0 Å². The van der Waals surface area contributed by atoms with Crippen LogP contribution in [0.1, 0.15) is 71.6 Å². The first-order valence-corrected chi connectivity index (χ1v) is 21.4. The maximum atomic E-state index is 14.4. The molecule has 4 N–H and O–H groups in total. The fourth-order valence-electron chi connectivity index (χ4n) is 7.57. The van der Waals surface area contributed by atoms with Gasteiger partial charge in [0.2, 0.25) is 17.7 Å². The van der Waals surface area contributed by atoms with Crippen molar-refractivity contribution in [2.45, 2.75) is 54.9 Å².